The molecule has 0 N–H and O–H groups in total. The minimum absolute atomic E-state index is 0.166. The number of aromatic nitrogens is 2. The van der Waals surface area contributed by atoms with Gasteiger partial charge in [0.25, 0.3) is 0 Å². The number of aryl methyl sites for hydroxylation is 2. The molecule has 0 unspecified atom stereocenters. The lowest BCUT2D eigenvalue weighted by Crippen LogP contribution is -2.35. The first-order valence-electron chi connectivity index (χ1n) is 9.09. The van der Waals surface area contributed by atoms with Gasteiger partial charge in [0.1, 0.15) is 10.6 Å². The van der Waals surface area contributed by atoms with Gasteiger partial charge in [0, 0.05) is 31.6 Å². The smallest absolute Gasteiger partial charge is 0.367 e. The number of carbonyl (C=O) groups is 1. The fourth-order valence-corrected chi connectivity index (χ4v) is 5.67. The van der Waals surface area contributed by atoms with Gasteiger partial charge in [-0.2, -0.15) is 4.31 Å². The molecule has 0 amide bonds. The molecule has 1 saturated heterocycles. The highest BCUT2D eigenvalue weighted by Gasteiger charge is 2.32. The zero-order chi connectivity index (χ0) is 20.3. The molecule has 0 aromatic carbocycles. The first kappa shape index (κ1) is 20.9. The van der Waals surface area contributed by atoms with Gasteiger partial charge in [-0.05, 0) is 33.7 Å². The Morgan fingerprint density at radius 2 is 2.07 bits per heavy atom. The van der Waals surface area contributed by atoms with E-state index >= 15 is 0 Å². The fourth-order valence-electron chi connectivity index (χ4n) is 3.21. The average molecular weight is 429 g/mol. The van der Waals surface area contributed by atoms with Crippen LogP contribution in [0, 0.1) is 13.8 Å². The maximum atomic E-state index is 13.0. The summed E-state index contributed by atoms with van der Waals surface area (Å²) in [5, 5.41) is 5.95. The Kier molecular flexibility index (Phi) is 6.48. The van der Waals surface area contributed by atoms with Crippen LogP contribution in [0.1, 0.15) is 40.3 Å². The fraction of sp³-hybridized carbons (Fsp3) is 0.588. The number of thiazole rings is 1. The number of sulfonamides is 1. The normalized spacial score (nSPS) is 16.8. The van der Waals surface area contributed by atoms with E-state index in [9.17, 15) is 13.2 Å². The summed E-state index contributed by atoms with van der Waals surface area (Å²) in [5.41, 5.74) is 1.17. The Balaban J connectivity index is 1.65. The van der Waals surface area contributed by atoms with Crippen molar-refractivity contribution >= 4 is 27.3 Å². The summed E-state index contributed by atoms with van der Waals surface area (Å²) in [7, 11) is -3.64. The first-order chi connectivity index (χ1) is 13.3. The van der Waals surface area contributed by atoms with Gasteiger partial charge in [-0.3, -0.25) is 4.90 Å². The van der Waals surface area contributed by atoms with Crippen molar-refractivity contribution in [3.63, 3.8) is 0 Å². The Labute approximate surface area is 168 Å². The maximum Gasteiger partial charge on any atom is 0.367 e. The molecule has 0 saturated carbocycles. The van der Waals surface area contributed by atoms with E-state index < -0.39 is 16.0 Å². The molecule has 11 heteroatoms. The van der Waals surface area contributed by atoms with Crippen LogP contribution in [0.5, 0.6) is 0 Å². The van der Waals surface area contributed by atoms with Crippen LogP contribution >= 0.6 is 11.3 Å². The minimum Gasteiger partial charge on any atom is -0.461 e. The zero-order valence-electron chi connectivity index (χ0n) is 16.2. The van der Waals surface area contributed by atoms with Gasteiger partial charge in [0.05, 0.1) is 12.3 Å². The van der Waals surface area contributed by atoms with E-state index in [0.717, 1.165) is 12.2 Å². The second-order valence-corrected chi connectivity index (χ2v) is 9.28. The van der Waals surface area contributed by atoms with Gasteiger partial charge in [-0.25, -0.2) is 18.2 Å². The molecule has 9 nitrogen and oxygen atoms in total. The molecule has 3 heterocycles. The monoisotopic (exact) mass is 428 g/mol. The van der Waals surface area contributed by atoms with Crippen LogP contribution in [0.15, 0.2) is 14.8 Å². The van der Waals surface area contributed by atoms with Crippen molar-refractivity contribution in [1.29, 1.82) is 0 Å². The van der Waals surface area contributed by atoms with E-state index in [-0.39, 0.29) is 4.90 Å². The van der Waals surface area contributed by atoms with Gasteiger partial charge in [-0.15, -0.1) is 11.3 Å². The molecular formula is C17H24N4O5S2. The molecular weight excluding hydrogens is 404 g/mol. The summed E-state index contributed by atoms with van der Waals surface area (Å²) in [6.45, 7) is 8.03. The Bertz CT molecular complexity index is 918. The molecule has 1 aliphatic rings. The van der Waals surface area contributed by atoms with Crippen LogP contribution in [0.25, 0.3) is 0 Å². The number of nitrogens with zero attached hydrogens (tertiary/aromatic N) is 4. The lowest BCUT2D eigenvalue weighted by molar-refractivity contribution is 0.0525. The Morgan fingerprint density at radius 3 is 2.75 bits per heavy atom. The molecule has 0 bridgehead atoms. The number of hydrogen-bond acceptors (Lipinski definition) is 9. The zero-order valence-corrected chi connectivity index (χ0v) is 17.8. The molecule has 2 aromatic heterocycles. The Morgan fingerprint density at radius 1 is 1.29 bits per heavy atom. The largest absolute Gasteiger partial charge is 0.461 e. The van der Waals surface area contributed by atoms with E-state index in [2.05, 4.69) is 15.0 Å². The molecule has 0 atom stereocenters. The number of esters is 1. The molecule has 0 spiro atoms. The summed E-state index contributed by atoms with van der Waals surface area (Å²) >= 11 is 1.26. The second kappa shape index (κ2) is 8.68. The van der Waals surface area contributed by atoms with Crippen LogP contribution < -0.4 is 0 Å². The molecule has 154 valence electrons. The van der Waals surface area contributed by atoms with Gasteiger partial charge in [0.15, 0.2) is 5.76 Å². The van der Waals surface area contributed by atoms with Crippen LogP contribution in [0.4, 0.5) is 0 Å². The number of ether oxygens (including phenoxy) is 1. The Hall–Kier alpha value is -1.82. The summed E-state index contributed by atoms with van der Waals surface area (Å²) in [6.07, 6.45) is 0.706. The number of hydrogen-bond donors (Lipinski definition) is 0. The summed E-state index contributed by atoms with van der Waals surface area (Å²) < 4.78 is 37.5. The third-order valence-corrected chi connectivity index (χ3v) is 7.52. The van der Waals surface area contributed by atoms with Crippen molar-refractivity contribution in [3.8, 4) is 0 Å². The molecule has 2 aromatic rings. The minimum atomic E-state index is -3.64. The van der Waals surface area contributed by atoms with Crippen LogP contribution in [-0.2, 0) is 21.3 Å². The SMILES string of the molecule is CCOC(=O)c1nc(CN2CCCN(S(=O)(=O)c3c(C)noc3C)CC2)cs1. The average Bonchev–Trinajstić information content (AvgIpc) is 3.15. The molecule has 28 heavy (non-hydrogen) atoms. The van der Waals surface area contributed by atoms with Crippen molar-refractivity contribution < 1.29 is 22.5 Å². The maximum absolute atomic E-state index is 13.0. The molecule has 1 fully saturated rings. The standard InChI is InChI=1S/C17H24N4O5S2/c1-4-25-17(22)16-18-14(11-27-16)10-20-6-5-7-21(9-8-20)28(23,24)15-12(2)19-26-13(15)3/h11H,4-10H2,1-3H3. The van der Waals surface area contributed by atoms with Crippen molar-refractivity contribution in [2.24, 2.45) is 0 Å². The number of carbonyl (C=O) groups excluding carboxylic acids is 1. The van der Waals surface area contributed by atoms with Crippen LogP contribution in [0.3, 0.4) is 0 Å². The van der Waals surface area contributed by atoms with Gasteiger partial charge in [0.2, 0.25) is 15.0 Å². The lowest BCUT2D eigenvalue weighted by atomic mass is 10.3. The van der Waals surface area contributed by atoms with Crippen molar-refractivity contribution in [2.75, 3.05) is 32.8 Å². The molecule has 0 radical (unpaired) electrons. The predicted octanol–water partition coefficient (Wildman–Crippen LogP) is 1.82. The van der Waals surface area contributed by atoms with Crippen molar-refractivity contribution in [2.45, 2.75) is 38.6 Å². The molecule has 1 aliphatic heterocycles. The highest BCUT2D eigenvalue weighted by Crippen LogP contribution is 2.24. The summed E-state index contributed by atoms with van der Waals surface area (Å²) in [4.78, 5) is 18.4. The number of rotatable bonds is 6. The van der Waals surface area contributed by atoms with E-state index in [0.29, 0.717) is 55.7 Å². The second-order valence-electron chi connectivity index (χ2n) is 6.55. The van der Waals surface area contributed by atoms with Crippen LogP contribution in [0.2, 0.25) is 0 Å². The van der Waals surface area contributed by atoms with E-state index in [1.54, 1.807) is 20.8 Å². The lowest BCUT2D eigenvalue weighted by Gasteiger charge is -2.21. The quantitative estimate of drug-likeness (QED) is 0.642. The van der Waals surface area contributed by atoms with Gasteiger partial charge >= 0.3 is 5.97 Å². The highest BCUT2D eigenvalue weighted by atomic mass is 32.2. The third kappa shape index (κ3) is 4.43. The first-order valence-corrected chi connectivity index (χ1v) is 11.4. The third-order valence-electron chi connectivity index (χ3n) is 4.50. The van der Waals surface area contributed by atoms with E-state index in [4.69, 9.17) is 9.26 Å². The molecule has 0 aliphatic carbocycles. The summed E-state index contributed by atoms with van der Waals surface area (Å²) in [5.74, 6) is -0.0982. The van der Waals surface area contributed by atoms with Gasteiger partial charge < -0.3 is 9.26 Å². The topological polar surface area (TPSA) is 106 Å². The van der Waals surface area contributed by atoms with E-state index in [1.165, 1.54) is 15.6 Å². The molecule has 3 rings (SSSR count). The highest BCUT2D eigenvalue weighted by molar-refractivity contribution is 7.89. The van der Waals surface area contributed by atoms with E-state index in [1.807, 2.05) is 5.38 Å². The van der Waals surface area contributed by atoms with Gasteiger partial charge in [-0.1, -0.05) is 5.16 Å². The van der Waals surface area contributed by atoms with Crippen molar-refractivity contribution in [3.05, 3.63) is 27.5 Å². The summed E-state index contributed by atoms with van der Waals surface area (Å²) in [6, 6.07) is 0. The van der Waals surface area contributed by atoms with Crippen LogP contribution in [-0.4, -0.2) is 66.5 Å². The van der Waals surface area contributed by atoms with Crippen molar-refractivity contribution in [1.82, 2.24) is 19.3 Å². The predicted molar refractivity (Wildman–Crippen MR) is 103 cm³/mol.